The number of likely N-dealkylation sites (tertiary alicyclic amines) is 1. The highest BCUT2D eigenvalue weighted by molar-refractivity contribution is 6.08. The number of aromatic nitrogens is 2. The summed E-state index contributed by atoms with van der Waals surface area (Å²) in [5.74, 6) is -0.318. The summed E-state index contributed by atoms with van der Waals surface area (Å²) in [5, 5.41) is 10.7. The smallest absolute Gasteiger partial charge is 0.276 e. The summed E-state index contributed by atoms with van der Waals surface area (Å²) >= 11 is 0. The summed E-state index contributed by atoms with van der Waals surface area (Å²) in [6, 6.07) is 9.19. The van der Waals surface area contributed by atoms with Gasteiger partial charge in [0.2, 0.25) is 0 Å². The molecule has 8 heteroatoms. The Bertz CT molecular complexity index is 826. The summed E-state index contributed by atoms with van der Waals surface area (Å²) in [6.45, 7) is 3.46. The van der Waals surface area contributed by atoms with Crippen LogP contribution in [0.1, 0.15) is 52.6 Å². The van der Waals surface area contributed by atoms with Crippen LogP contribution in [0.3, 0.4) is 0 Å². The Morgan fingerprint density at radius 2 is 1.89 bits per heavy atom. The third-order valence-corrected chi connectivity index (χ3v) is 5.28. The maximum Gasteiger partial charge on any atom is 0.276 e. The van der Waals surface area contributed by atoms with Gasteiger partial charge in [0.1, 0.15) is 0 Å². The summed E-state index contributed by atoms with van der Waals surface area (Å²) in [4.78, 5) is 27.3. The number of carbonyl (C=O) groups is 2. The molecule has 1 atom stereocenters. The molecule has 0 spiro atoms. The van der Waals surface area contributed by atoms with E-state index in [9.17, 15) is 9.59 Å². The van der Waals surface area contributed by atoms with Gasteiger partial charge in [0.15, 0.2) is 5.69 Å². The lowest BCUT2D eigenvalue weighted by Crippen LogP contribution is -2.32. The highest BCUT2D eigenvalue weighted by Gasteiger charge is 2.23. The van der Waals surface area contributed by atoms with Crippen molar-refractivity contribution in [2.75, 3.05) is 31.5 Å². The molecule has 3 heterocycles. The Kier molecular flexibility index (Phi) is 6.70. The normalized spacial score (nSPS) is 19.1. The maximum atomic E-state index is 12.7. The monoisotopic (exact) mass is 403 g/mol. The van der Waals surface area contributed by atoms with E-state index in [1.54, 1.807) is 18.2 Å². The predicted molar refractivity (Wildman–Crippen MR) is 110 cm³/mol. The first-order chi connectivity index (χ1) is 13.2. The molecule has 0 aliphatic carbocycles. The predicted octanol–water partition coefficient (Wildman–Crippen LogP) is 2.72. The standard InChI is InChI=1S/C20H25N5O2.ClH/c26-19(18-9-13-25(23-18)15-6-5-10-21-14-15)22-17-8-2-1-7-16(17)20(27)24-11-3-4-12-24;/h1-2,7-9,13,15,21H,3-6,10-12,14H2,(H,22,26);1H. The van der Waals surface area contributed by atoms with Crippen LogP contribution in [-0.2, 0) is 0 Å². The van der Waals surface area contributed by atoms with Crippen LogP contribution >= 0.6 is 12.4 Å². The number of benzene rings is 1. The minimum atomic E-state index is -0.292. The average Bonchev–Trinajstić information content (AvgIpc) is 3.41. The Labute approximate surface area is 170 Å². The topological polar surface area (TPSA) is 79.3 Å². The van der Waals surface area contributed by atoms with Crippen LogP contribution < -0.4 is 10.6 Å². The van der Waals surface area contributed by atoms with Crippen molar-refractivity contribution in [1.82, 2.24) is 20.0 Å². The van der Waals surface area contributed by atoms with Gasteiger partial charge in [0.05, 0.1) is 17.3 Å². The molecule has 0 bridgehead atoms. The zero-order valence-corrected chi connectivity index (χ0v) is 16.6. The second kappa shape index (κ2) is 9.21. The summed E-state index contributed by atoms with van der Waals surface area (Å²) in [5.41, 5.74) is 1.43. The Morgan fingerprint density at radius 1 is 1.11 bits per heavy atom. The number of halogens is 1. The van der Waals surface area contributed by atoms with E-state index in [-0.39, 0.29) is 30.3 Å². The highest BCUT2D eigenvalue weighted by Crippen LogP contribution is 2.21. The first-order valence-corrected chi connectivity index (χ1v) is 9.68. The highest BCUT2D eigenvalue weighted by atomic mass is 35.5. The third kappa shape index (κ3) is 4.36. The molecule has 2 fully saturated rings. The lowest BCUT2D eigenvalue weighted by molar-refractivity contribution is 0.0794. The van der Waals surface area contributed by atoms with Gasteiger partial charge in [0, 0.05) is 25.8 Å². The van der Waals surface area contributed by atoms with Crippen molar-refractivity contribution >= 4 is 29.9 Å². The molecule has 1 aromatic heterocycles. The molecule has 2 aliphatic heterocycles. The Morgan fingerprint density at radius 3 is 2.64 bits per heavy atom. The molecule has 0 radical (unpaired) electrons. The van der Waals surface area contributed by atoms with Crippen LogP contribution in [0.2, 0.25) is 0 Å². The molecular weight excluding hydrogens is 378 g/mol. The Balaban J connectivity index is 0.00000225. The number of nitrogens with one attached hydrogen (secondary N) is 2. The van der Waals surface area contributed by atoms with Crippen LogP contribution in [0, 0.1) is 0 Å². The van der Waals surface area contributed by atoms with Gasteiger partial charge in [-0.05, 0) is 50.4 Å². The molecule has 2 amide bonds. The summed E-state index contributed by atoms with van der Waals surface area (Å²) in [7, 11) is 0. The van der Waals surface area contributed by atoms with Crippen molar-refractivity contribution in [1.29, 1.82) is 0 Å². The van der Waals surface area contributed by atoms with Crippen molar-refractivity contribution in [2.45, 2.75) is 31.7 Å². The van der Waals surface area contributed by atoms with E-state index in [1.807, 2.05) is 27.9 Å². The number of hydrogen-bond donors (Lipinski definition) is 2. The third-order valence-electron chi connectivity index (χ3n) is 5.28. The molecule has 0 saturated carbocycles. The van der Waals surface area contributed by atoms with E-state index >= 15 is 0 Å². The van der Waals surface area contributed by atoms with Gasteiger partial charge in [-0.3, -0.25) is 14.3 Å². The summed E-state index contributed by atoms with van der Waals surface area (Å²) < 4.78 is 1.86. The van der Waals surface area contributed by atoms with Crippen LogP contribution in [0.4, 0.5) is 5.69 Å². The van der Waals surface area contributed by atoms with Gasteiger partial charge in [-0.15, -0.1) is 12.4 Å². The van der Waals surface area contributed by atoms with Crippen molar-refractivity contribution in [3.8, 4) is 0 Å². The number of carbonyl (C=O) groups excluding carboxylic acids is 2. The fourth-order valence-corrected chi connectivity index (χ4v) is 3.78. The summed E-state index contributed by atoms with van der Waals surface area (Å²) in [6.07, 6.45) is 6.09. The second-order valence-corrected chi connectivity index (χ2v) is 7.18. The Hall–Kier alpha value is -2.38. The number of nitrogens with zero attached hydrogens (tertiary/aromatic N) is 3. The quantitative estimate of drug-likeness (QED) is 0.822. The minimum Gasteiger partial charge on any atom is -0.339 e. The van der Waals surface area contributed by atoms with Crippen molar-refractivity contribution in [2.24, 2.45) is 0 Å². The molecule has 4 rings (SSSR count). The number of para-hydroxylation sites is 1. The van der Waals surface area contributed by atoms with Crippen LogP contribution in [0.25, 0.3) is 0 Å². The number of amides is 2. The average molecular weight is 404 g/mol. The first-order valence-electron chi connectivity index (χ1n) is 9.68. The fraction of sp³-hybridized carbons (Fsp3) is 0.450. The van der Waals surface area contributed by atoms with Crippen molar-refractivity contribution < 1.29 is 9.59 Å². The molecule has 7 nitrogen and oxygen atoms in total. The molecular formula is C20H26ClN5O2. The van der Waals surface area contributed by atoms with E-state index in [4.69, 9.17) is 0 Å². The van der Waals surface area contributed by atoms with Crippen molar-refractivity contribution in [3.05, 3.63) is 47.8 Å². The van der Waals surface area contributed by atoms with Gasteiger partial charge in [0.25, 0.3) is 11.8 Å². The molecule has 150 valence electrons. The van der Waals surface area contributed by atoms with Gasteiger partial charge >= 0.3 is 0 Å². The molecule has 2 N–H and O–H groups in total. The zero-order chi connectivity index (χ0) is 18.6. The number of piperidine rings is 1. The van der Waals surface area contributed by atoms with E-state index in [2.05, 4.69) is 15.7 Å². The molecule has 28 heavy (non-hydrogen) atoms. The maximum absolute atomic E-state index is 12.7. The fourth-order valence-electron chi connectivity index (χ4n) is 3.78. The van der Waals surface area contributed by atoms with Crippen LogP contribution in [-0.4, -0.2) is 52.7 Å². The number of rotatable bonds is 4. The molecule has 2 saturated heterocycles. The van der Waals surface area contributed by atoms with E-state index in [0.717, 1.165) is 51.9 Å². The van der Waals surface area contributed by atoms with E-state index in [0.29, 0.717) is 16.9 Å². The van der Waals surface area contributed by atoms with Crippen LogP contribution in [0.15, 0.2) is 36.5 Å². The molecule has 2 aliphatic rings. The van der Waals surface area contributed by atoms with E-state index in [1.165, 1.54) is 0 Å². The van der Waals surface area contributed by atoms with Crippen molar-refractivity contribution in [3.63, 3.8) is 0 Å². The van der Waals surface area contributed by atoms with Crippen LogP contribution in [0.5, 0.6) is 0 Å². The molecule has 1 unspecified atom stereocenters. The lowest BCUT2D eigenvalue weighted by atomic mass is 10.1. The minimum absolute atomic E-state index is 0. The largest absolute Gasteiger partial charge is 0.339 e. The van der Waals surface area contributed by atoms with Gasteiger partial charge in [-0.2, -0.15) is 5.10 Å². The zero-order valence-electron chi connectivity index (χ0n) is 15.8. The van der Waals surface area contributed by atoms with Gasteiger partial charge < -0.3 is 15.5 Å². The van der Waals surface area contributed by atoms with Gasteiger partial charge in [-0.25, -0.2) is 0 Å². The molecule has 2 aromatic rings. The first kappa shape index (κ1) is 20.4. The number of anilines is 1. The lowest BCUT2D eigenvalue weighted by Gasteiger charge is -2.22. The second-order valence-electron chi connectivity index (χ2n) is 7.18. The SMILES string of the molecule is Cl.O=C(Nc1ccccc1C(=O)N1CCCC1)c1ccn(C2CCCNC2)n1. The number of hydrogen-bond acceptors (Lipinski definition) is 4. The van der Waals surface area contributed by atoms with Gasteiger partial charge in [-0.1, -0.05) is 12.1 Å². The molecule has 1 aromatic carbocycles. The van der Waals surface area contributed by atoms with E-state index < -0.39 is 0 Å².